The molecule has 1 heterocycles. The smallest absolute Gasteiger partial charge is 0.331 e. The molecule has 1 unspecified atom stereocenters. The predicted molar refractivity (Wildman–Crippen MR) is 68.0 cm³/mol. The summed E-state index contributed by atoms with van der Waals surface area (Å²) in [5.41, 5.74) is 0. The predicted octanol–water partition coefficient (Wildman–Crippen LogP) is 2.26. The Kier molecular flexibility index (Phi) is 4.75. The molecule has 1 aliphatic carbocycles. The van der Waals surface area contributed by atoms with Crippen molar-refractivity contribution in [2.75, 3.05) is 6.54 Å². The molecule has 4 nitrogen and oxygen atoms in total. The van der Waals surface area contributed by atoms with Crippen LogP contribution in [0.2, 0.25) is 0 Å². The number of nitrogens with zero attached hydrogens (tertiary/aromatic N) is 1. The normalized spacial score (nSPS) is 26.2. The fraction of sp³-hybridized carbons (Fsp3) is 0.857. The van der Waals surface area contributed by atoms with Crippen LogP contribution in [-0.2, 0) is 14.3 Å². The number of rotatable bonds is 3. The molecule has 0 radical (unpaired) electrons. The Morgan fingerprint density at radius 2 is 1.83 bits per heavy atom. The molecule has 0 N–H and O–H groups in total. The first-order chi connectivity index (χ1) is 8.72. The number of carbonyl (C=O) groups is 2. The average Bonchev–Trinajstić information content (AvgIpc) is 2.88. The van der Waals surface area contributed by atoms with Gasteiger partial charge in [-0.2, -0.15) is 0 Å². The lowest BCUT2D eigenvalue weighted by Gasteiger charge is -2.34. The number of ether oxygens (including phenoxy) is 1. The highest BCUT2D eigenvalue weighted by Crippen LogP contribution is 2.29. The highest BCUT2D eigenvalue weighted by Gasteiger charge is 2.37. The summed E-state index contributed by atoms with van der Waals surface area (Å²) in [7, 11) is 0. The molecule has 4 heteroatoms. The third-order valence-corrected chi connectivity index (χ3v) is 4.11. The first-order valence-electron chi connectivity index (χ1n) is 7.22. The third-order valence-electron chi connectivity index (χ3n) is 4.11. The fourth-order valence-electron chi connectivity index (χ4n) is 3.14. The lowest BCUT2D eigenvalue weighted by molar-refractivity contribution is -0.163. The second kappa shape index (κ2) is 6.32. The third kappa shape index (κ3) is 3.10. The molecule has 102 valence electrons. The largest absolute Gasteiger partial charge is 0.392 e. The minimum Gasteiger partial charge on any atom is -0.392 e. The Morgan fingerprint density at radius 3 is 2.50 bits per heavy atom. The summed E-state index contributed by atoms with van der Waals surface area (Å²) in [6, 6.07) is 0.346. The van der Waals surface area contributed by atoms with E-state index in [4.69, 9.17) is 4.74 Å². The molecular weight excluding hydrogens is 230 g/mol. The first-order valence-corrected chi connectivity index (χ1v) is 7.22. The van der Waals surface area contributed by atoms with Crippen LogP contribution < -0.4 is 0 Å². The summed E-state index contributed by atoms with van der Waals surface area (Å²) < 4.78 is 4.89. The summed E-state index contributed by atoms with van der Waals surface area (Å²) in [5.74, 6) is -0.736. The molecule has 1 aliphatic heterocycles. The minimum atomic E-state index is -0.407. The monoisotopic (exact) mass is 253 g/mol. The average molecular weight is 253 g/mol. The second-order valence-electron chi connectivity index (χ2n) is 5.33. The number of hydrogen-bond donors (Lipinski definition) is 0. The van der Waals surface area contributed by atoms with E-state index in [1.54, 1.807) is 6.92 Å². The van der Waals surface area contributed by atoms with Gasteiger partial charge in [0.15, 0.2) is 0 Å². The van der Waals surface area contributed by atoms with Gasteiger partial charge in [0.05, 0.1) is 0 Å². The molecule has 0 spiro atoms. The molecule has 2 fully saturated rings. The van der Waals surface area contributed by atoms with Crippen molar-refractivity contribution in [3.05, 3.63) is 0 Å². The van der Waals surface area contributed by atoms with E-state index in [0.29, 0.717) is 6.04 Å². The van der Waals surface area contributed by atoms with Gasteiger partial charge in [0, 0.05) is 12.5 Å². The van der Waals surface area contributed by atoms with Crippen LogP contribution in [0, 0.1) is 0 Å². The van der Waals surface area contributed by atoms with E-state index in [0.717, 1.165) is 19.4 Å². The summed E-state index contributed by atoms with van der Waals surface area (Å²) in [6.45, 7) is 2.69. The molecule has 1 saturated heterocycles. The highest BCUT2D eigenvalue weighted by molar-refractivity contribution is 5.88. The molecule has 1 saturated carbocycles. The molecule has 0 aromatic heterocycles. The SMILES string of the molecule is CCC(=O)OC(=O)C1CCCN1C1CCCCC1. The summed E-state index contributed by atoms with van der Waals surface area (Å²) >= 11 is 0. The Balaban J connectivity index is 1.93. The van der Waals surface area contributed by atoms with Gasteiger partial charge in [-0.05, 0) is 32.2 Å². The Labute approximate surface area is 109 Å². The number of carbonyl (C=O) groups excluding carboxylic acids is 2. The van der Waals surface area contributed by atoms with Gasteiger partial charge in [-0.25, -0.2) is 4.79 Å². The van der Waals surface area contributed by atoms with Gasteiger partial charge in [0.25, 0.3) is 0 Å². The zero-order valence-electron chi connectivity index (χ0n) is 11.2. The van der Waals surface area contributed by atoms with Gasteiger partial charge in [-0.3, -0.25) is 9.69 Å². The van der Waals surface area contributed by atoms with Crippen LogP contribution in [-0.4, -0.2) is 35.5 Å². The van der Waals surface area contributed by atoms with Crippen molar-refractivity contribution in [1.29, 1.82) is 0 Å². The quantitative estimate of drug-likeness (QED) is 0.572. The van der Waals surface area contributed by atoms with Crippen molar-refractivity contribution in [2.45, 2.75) is 70.4 Å². The van der Waals surface area contributed by atoms with Crippen molar-refractivity contribution in [1.82, 2.24) is 4.90 Å². The van der Waals surface area contributed by atoms with E-state index >= 15 is 0 Å². The van der Waals surface area contributed by atoms with Crippen LogP contribution in [0.1, 0.15) is 58.3 Å². The molecule has 0 aromatic carbocycles. The summed E-state index contributed by atoms with van der Waals surface area (Å²) in [6.07, 6.45) is 8.35. The molecular formula is C14H23NO3. The zero-order valence-corrected chi connectivity index (χ0v) is 11.2. The van der Waals surface area contributed by atoms with E-state index in [1.807, 2.05) is 0 Å². The molecule has 0 aromatic rings. The Bertz CT molecular complexity index is 310. The van der Waals surface area contributed by atoms with Crippen molar-refractivity contribution in [3.63, 3.8) is 0 Å². The molecule has 0 bridgehead atoms. The maximum absolute atomic E-state index is 12.0. The topological polar surface area (TPSA) is 46.6 Å². The van der Waals surface area contributed by atoms with E-state index in [-0.39, 0.29) is 18.4 Å². The van der Waals surface area contributed by atoms with E-state index in [1.165, 1.54) is 32.1 Å². The van der Waals surface area contributed by atoms with Gasteiger partial charge in [0.2, 0.25) is 0 Å². The summed E-state index contributed by atoms with van der Waals surface area (Å²) in [4.78, 5) is 25.5. The summed E-state index contributed by atoms with van der Waals surface area (Å²) in [5, 5.41) is 0. The number of esters is 2. The van der Waals surface area contributed by atoms with Crippen LogP contribution in [0.15, 0.2) is 0 Å². The van der Waals surface area contributed by atoms with Gasteiger partial charge in [-0.15, -0.1) is 0 Å². The van der Waals surface area contributed by atoms with E-state index < -0.39 is 5.97 Å². The Hall–Kier alpha value is -0.900. The lowest BCUT2D eigenvalue weighted by Crippen LogP contribution is -2.45. The highest BCUT2D eigenvalue weighted by atomic mass is 16.6. The molecule has 18 heavy (non-hydrogen) atoms. The zero-order chi connectivity index (χ0) is 13.0. The second-order valence-corrected chi connectivity index (χ2v) is 5.33. The lowest BCUT2D eigenvalue weighted by atomic mass is 9.94. The minimum absolute atomic E-state index is 0.177. The van der Waals surface area contributed by atoms with E-state index in [9.17, 15) is 9.59 Å². The van der Waals surface area contributed by atoms with Crippen LogP contribution >= 0.6 is 0 Å². The van der Waals surface area contributed by atoms with Crippen LogP contribution in [0.4, 0.5) is 0 Å². The van der Waals surface area contributed by atoms with Gasteiger partial charge < -0.3 is 4.74 Å². The van der Waals surface area contributed by atoms with E-state index in [2.05, 4.69) is 4.90 Å². The van der Waals surface area contributed by atoms with Crippen molar-refractivity contribution in [3.8, 4) is 0 Å². The molecule has 2 aliphatic rings. The van der Waals surface area contributed by atoms with Crippen LogP contribution in [0.25, 0.3) is 0 Å². The number of likely N-dealkylation sites (tertiary alicyclic amines) is 1. The fourth-order valence-corrected chi connectivity index (χ4v) is 3.14. The maximum Gasteiger partial charge on any atom is 0.331 e. The van der Waals surface area contributed by atoms with Gasteiger partial charge >= 0.3 is 11.9 Å². The van der Waals surface area contributed by atoms with Crippen molar-refractivity contribution in [2.24, 2.45) is 0 Å². The van der Waals surface area contributed by atoms with Gasteiger partial charge in [-0.1, -0.05) is 26.2 Å². The van der Waals surface area contributed by atoms with Crippen molar-refractivity contribution >= 4 is 11.9 Å². The molecule has 1 atom stereocenters. The van der Waals surface area contributed by atoms with Crippen LogP contribution in [0.5, 0.6) is 0 Å². The maximum atomic E-state index is 12.0. The molecule has 0 amide bonds. The van der Waals surface area contributed by atoms with Crippen molar-refractivity contribution < 1.29 is 14.3 Å². The molecule has 2 rings (SSSR count). The van der Waals surface area contributed by atoms with Crippen LogP contribution in [0.3, 0.4) is 0 Å². The number of hydrogen-bond acceptors (Lipinski definition) is 4. The standard InChI is InChI=1S/C14H23NO3/c1-2-13(16)18-14(17)12-9-6-10-15(12)11-7-4-3-5-8-11/h11-12H,2-10H2,1H3. The first kappa shape index (κ1) is 13.5. The van der Waals surface area contributed by atoms with Gasteiger partial charge in [0.1, 0.15) is 6.04 Å². The Morgan fingerprint density at radius 1 is 1.11 bits per heavy atom.